The Hall–Kier alpha value is -2.56. The average molecular weight is 240 g/mol. The molecule has 0 radical (unpaired) electrons. The van der Waals surface area contributed by atoms with Crippen LogP contribution in [0.5, 0.6) is 0 Å². The van der Waals surface area contributed by atoms with E-state index < -0.39 is 0 Å². The largest absolute Gasteiger partial charge is 0.355 e. The first-order valence-electron chi connectivity index (χ1n) is 5.63. The van der Waals surface area contributed by atoms with Crippen LogP contribution < -0.4 is 5.32 Å². The number of nitrogens with one attached hydrogen (secondary N) is 3. The van der Waals surface area contributed by atoms with Crippen molar-refractivity contribution in [2.45, 2.75) is 0 Å². The van der Waals surface area contributed by atoms with Crippen molar-refractivity contribution in [2.24, 2.45) is 0 Å². The summed E-state index contributed by atoms with van der Waals surface area (Å²) in [7, 11) is 1.62. The quantitative estimate of drug-likeness (QED) is 0.640. The lowest BCUT2D eigenvalue weighted by Gasteiger charge is -1.98. The zero-order chi connectivity index (χ0) is 12.5. The molecule has 5 heteroatoms. The van der Waals surface area contributed by atoms with Crippen molar-refractivity contribution in [1.82, 2.24) is 20.5 Å². The Labute approximate surface area is 103 Å². The predicted octanol–water partition coefficient (Wildman–Crippen LogP) is 1.92. The molecule has 0 saturated heterocycles. The number of rotatable bonds is 2. The molecule has 0 atom stereocenters. The fourth-order valence-electron chi connectivity index (χ4n) is 1.96. The van der Waals surface area contributed by atoms with Crippen LogP contribution in [-0.2, 0) is 0 Å². The minimum Gasteiger partial charge on any atom is -0.355 e. The molecule has 0 spiro atoms. The van der Waals surface area contributed by atoms with E-state index in [0.717, 1.165) is 22.3 Å². The van der Waals surface area contributed by atoms with Crippen LogP contribution in [0.2, 0.25) is 0 Å². The summed E-state index contributed by atoms with van der Waals surface area (Å²) in [6.45, 7) is 0. The molecule has 3 aromatic rings. The third kappa shape index (κ3) is 1.66. The van der Waals surface area contributed by atoms with Crippen molar-refractivity contribution in [1.29, 1.82) is 0 Å². The van der Waals surface area contributed by atoms with Crippen LogP contribution in [0.15, 0.2) is 36.5 Å². The van der Waals surface area contributed by atoms with Crippen molar-refractivity contribution in [3.8, 4) is 11.4 Å². The highest BCUT2D eigenvalue weighted by Crippen LogP contribution is 2.23. The molecule has 1 aromatic carbocycles. The van der Waals surface area contributed by atoms with Gasteiger partial charge in [0.1, 0.15) is 5.69 Å². The smallest absolute Gasteiger partial charge is 0.251 e. The van der Waals surface area contributed by atoms with Gasteiger partial charge in [-0.2, -0.15) is 5.10 Å². The Morgan fingerprint density at radius 2 is 2.17 bits per heavy atom. The van der Waals surface area contributed by atoms with Crippen LogP contribution in [-0.4, -0.2) is 28.1 Å². The highest BCUT2D eigenvalue weighted by atomic mass is 16.1. The van der Waals surface area contributed by atoms with E-state index in [1.807, 2.05) is 30.3 Å². The van der Waals surface area contributed by atoms with Gasteiger partial charge in [-0.05, 0) is 24.3 Å². The van der Waals surface area contributed by atoms with E-state index in [1.165, 1.54) is 0 Å². The van der Waals surface area contributed by atoms with Gasteiger partial charge in [-0.1, -0.05) is 6.07 Å². The van der Waals surface area contributed by atoms with E-state index in [9.17, 15) is 4.79 Å². The normalized spacial score (nSPS) is 10.7. The van der Waals surface area contributed by atoms with Crippen LogP contribution in [0.1, 0.15) is 10.4 Å². The summed E-state index contributed by atoms with van der Waals surface area (Å²) in [4.78, 5) is 14.8. The molecule has 3 rings (SSSR count). The second-order valence-electron chi connectivity index (χ2n) is 4.02. The van der Waals surface area contributed by atoms with Crippen molar-refractivity contribution in [2.75, 3.05) is 7.05 Å². The van der Waals surface area contributed by atoms with Gasteiger partial charge in [0.15, 0.2) is 0 Å². The minimum atomic E-state index is -0.0900. The zero-order valence-electron chi connectivity index (χ0n) is 9.82. The number of hydrogen-bond donors (Lipinski definition) is 3. The van der Waals surface area contributed by atoms with Gasteiger partial charge in [0.05, 0.1) is 5.69 Å². The number of carbonyl (C=O) groups excluding carboxylic acids is 1. The Morgan fingerprint density at radius 3 is 2.89 bits per heavy atom. The van der Waals surface area contributed by atoms with Gasteiger partial charge >= 0.3 is 0 Å². The van der Waals surface area contributed by atoms with Crippen LogP contribution in [0, 0.1) is 0 Å². The molecule has 5 nitrogen and oxygen atoms in total. The number of nitrogens with zero attached hydrogens (tertiary/aromatic N) is 1. The molecule has 2 heterocycles. The topological polar surface area (TPSA) is 73.6 Å². The molecule has 0 unspecified atom stereocenters. The van der Waals surface area contributed by atoms with E-state index in [-0.39, 0.29) is 5.91 Å². The van der Waals surface area contributed by atoms with Crippen LogP contribution >= 0.6 is 0 Å². The molecule has 90 valence electrons. The van der Waals surface area contributed by atoms with E-state index in [0.29, 0.717) is 5.56 Å². The van der Waals surface area contributed by atoms with E-state index in [2.05, 4.69) is 20.5 Å². The Bertz CT molecular complexity index is 697. The molecule has 0 saturated carbocycles. The molecule has 0 fully saturated rings. The SMILES string of the molecule is CNC(=O)c1ccc2cc(-c3cc[nH]n3)[nH]c2c1. The third-order valence-electron chi connectivity index (χ3n) is 2.89. The van der Waals surface area contributed by atoms with E-state index >= 15 is 0 Å². The maximum Gasteiger partial charge on any atom is 0.251 e. The van der Waals surface area contributed by atoms with Crippen molar-refractivity contribution >= 4 is 16.8 Å². The molecule has 0 aliphatic rings. The molecular weight excluding hydrogens is 228 g/mol. The fourth-order valence-corrected chi connectivity index (χ4v) is 1.96. The first kappa shape index (κ1) is 10.6. The monoisotopic (exact) mass is 240 g/mol. The number of hydrogen-bond acceptors (Lipinski definition) is 2. The Kier molecular flexibility index (Phi) is 2.37. The summed E-state index contributed by atoms with van der Waals surface area (Å²) in [5, 5.41) is 10.6. The molecule has 0 aliphatic heterocycles. The number of carbonyl (C=O) groups is 1. The molecular formula is C13H12N4O. The fraction of sp³-hybridized carbons (Fsp3) is 0.0769. The first-order valence-corrected chi connectivity index (χ1v) is 5.63. The molecule has 3 N–H and O–H groups in total. The van der Waals surface area contributed by atoms with Gasteiger partial charge in [-0.3, -0.25) is 9.89 Å². The van der Waals surface area contributed by atoms with Gasteiger partial charge in [-0.15, -0.1) is 0 Å². The number of aromatic amines is 2. The van der Waals surface area contributed by atoms with E-state index in [1.54, 1.807) is 13.2 Å². The summed E-state index contributed by atoms with van der Waals surface area (Å²) in [5.74, 6) is -0.0900. The highest BCUT2D eigenvalue weighted by molar-refractivity contribution is 5.98. The molecule has 1 amide bonds. The average Bonchev–Trinajstić information content (AvgIpc) is 3.04. The molecule has 0 bridgehead atoms. The summed E-state index contributed by atoms with van der Waals surface area (Å²) in [5.41, 5.74) is 3.35. The van der Waals surface area contributed by atoms with Crippen LogP contribution in [0.3, 0.4) is 0 Å². The lowest BCUT2D eigenvalue weighted by Crippen LogP contribution is -2.17. The van der Waals surface area contributed by atoms with Gasteiger partial charge in [-0.25, -0.2) is 0 Å². The number of amides is 1. The summed E-state index contributed by atoms with van der Waals surface area (Å²) >= 11 is 0. The number of H-pyrrole nitrogens is 2. The summed E-state index contributed by atoms with van der Waals surface area (Å²) < 4.78 is 0. The van der Waals surface area contributed by atoms with Crippen molar-refractivity contribution < 1.29 is 4.79 Å². The zero-order valence-corrected chi connectivity index (χ0v) is 9.82. The van der Waals surface area contributed by atoms with Crippen LogP contribution in [0.4, 0.5) is 0 Å². The lowest BCUT2D eigenvalue weighted by molar-refractivity contribution is 0.0963. The number of benzene rings is 1. The Morgan fingerprint density at radius 1 is 1.28 bits per heavy atom. The van der Waals surface area contributed by atoms with Crippen LogP contribution in [0.25, 0.3) is 22.3 Å². The first-order chi connectivity index (χ1) is 8.78. The standard InChI is InChI=1S/C13H12N4O/c1-14-13(18)9-3-2-8-6-12(16-11(8)7-9)10-4-5-15-17-10/h2-7,16H,1H3,(H,14,18)(H,15,17). The molecule has 0 aliphatic carbocycles. The third-order valence-corrected chi connectivity index (χ3v) is 2.89. The lowest BCUT2D eigenvalue weighted by atomic mass is 10.1. The van der Waals surface area contributed by atoms with Crippen molar-refractivity contribution in [3.05, 3.63) is 42.1 Å². The summed E-state index contributed by atoms with van der Waals surface area (Å²) in [6.07, 6.45) is 1.77. The minimum absolute atomic E-state index is 0.0900. The van der Waals surface area contributed by atoms with Gasteiger partial charge in [0.25, 0.3) is 5.91 Å². The number of fused-ring (bicyclic) bond motifs is 1. The van der Waals surface area contributed by atoms with Gasteiger partial charge in [0, 0.05) is 29.7 Å². The predicted molar refractivity (Wildman–Crippen MR) is 69.3 cm³/mol. The van der Waals surface area contributed by atoms with Gasteiger partial charge in [0.2, 0.25) is 0 Å². The summed E-state index contributed by atoms with van der Waals surface area (Å²) in [6, 6.07) is 9.48. The molecule has 18 heavy (non-hydrogen) atoms. The second kappa shape index (κ2) is 4.03. The second-order valence-corrected chi connectivity index (χ2v) is 4.02. The van der Waals surface area contributed by atoms with Crippen molar-refractivity contribution in [3.63, 3.8) is 0 Å². The molecule has 2 aromatic heterocycles. The maximum absolute atomic E-state index is 11.6. The number of aromatic nitrogens is 3. The Balaban J connectivity index is 2.10. The maximum atomic E-state index is 11.6. The van der Waals surface area contributed by atoms with Gasteiger partial charge < -0.3 is 10.3 Å². The van der Waals surface area contributed by atoms with E-state index in [4.69, 9.17) is 0 Å². The highest BCUT2D eigenvalue weighted by Gasteiger charge is 2.08.